The maximum atomic E-state index is 13.7. The minimum Gasteiger partial charge on any atom is -0.497 e. The molecule has 0 spiro atoms. The fourth-order valence-electron chi connectivity index (χ4n) is 2.11. The van der Waals surface area contributed by atoms with Crippen LogP contribution >= 0.6 is 0 Å². The number of amides is 1. The van der Waals surface area contributed by atoms with E-state index < -0.39 is 17.5 Å². The molecule has 2 rings (SSSR count). The normalized spacial score (nSPS) is 10.4. The summed E-state index contributed by atoms with van der Waals surface area (Å²) < 4.78 is 32.0. The SMILES string of the molecule is CCN(Cc1ccc(OC)cc1)C(=O)c1cc(F)ccc1F. The number of rotatable bonds is 5. The van der Waals surface area contributed by atoms with Crippen LogP contribution in [0.15, 0.2) is 42.5 Å². The van der Waals surface area contributed by atoms with Gasteiger partial charge in [-0.1, -0.05) is 12.1 Å². The van der Waals surface area contributed by atoms with E-state index in [1.54, 1.807) is 26.2 Å². The number of carbonyl (C=O) groups excluding carboxylic acids is 1. The Morgan fingerprint density at radius 3 is 2.41 bits per heavy atom. The van der Waals surface area contributed by atoms with Crippen molar-refractivity contribution in [2.45, 2.75) is 13.5 Å². The van der Waals surface area contributed by atoms with Crippen LogP contribution in [-0.4, -0.2) is 24.5 Å². The Kier molecular flexibility index (Phi) is 5.09. The van der Waals surface area contributed by atoms with Crippen LogP contribution in [0, 0.1) is 11.6 Å². The van der Waals surface area contributed by atoms with Crippen LogP contribution in [0.5, 0.6) is 5.75 Å². The van der Waals surface area contributed by atoms with E-state index >= 15 is 0 Å². The van der Waals surface area contributed by atoms with E-state index in [4.69, 9.17) is 4.74 Å². The number of benzene rings is 2. The number of carbonyl (C=O) groups is 1. The third-order valence-electron chi connectivity index (χ3n) is 3.36. The van der Waals surface area contributed by atoms with E-state index in [0.29, 0.717) is 18.8 Å². The highest BCUT2D eigenvalue weighted by atomic mass is 19.1. The van der Waals surface area contributed by atoms with Crippen molar-refractivity contribution in [3.8, 4) is 5.75 Å². The lowest BCUT2D eigenvalue weighted by Gasteiger charge is -2.21. The number of halogens is 2. The second-order valence-corrected chi connectivity index (χ2v) is 4.79. The summed E-state index contributed by atoms with van der Waals surface area (Å²) >= 11 is 0. The van der Waals surface area contributed by atoms with Gasteiger partial charge in [0.15, 0.2) is 0 Å². The molecule has 0 aliphatic rings. The van der Waals surface area contributed by atoms with Gasteiger partial charge in [0.1, 0.15) is 17.4 Å². The van der Waals surface area contributed by atoms with Gasteiger partial charge in [-0.3, -0.25) is 4.79 Å². The summed E-state index contributed by atoms with van der Waals surface area (Å²) in [6, 6.07) is 10.1. The Balaban J connectivity index is 2.19. The predicted molar refractivity (Wildman–Crippen MR) is 79.8 cm³/mol. The summed E-state index contributed by atoms with van der Waals surface area (Å²) in [7, 11) is 1.57. The topological polar surface area (TPSA) is 29.5 Å². The first-order valence-electron chi connectivity index (χ1n) is 6.92. The largest absolute Gasteiger partial charge is 0.497 e. The molecule has 5 heteroatoms. The molecule has 0 aromatic heterocycles. The average molecular weight is 305 g/mol. The molecule has 0 fully saturated rings. The highest BCUT2D eigenvalue weighted by Crippen LogP contribution is 2.16. The van der Waals surface area contributed by atoms with E-state index in [2.05, 4.69) is 0 Å². The fraction of sp³-hybridized carbons (Fsp3) is 0.235. The third kappa shape index (κ3) is 3.61. The average Bonchev–Trinajstić information content (AvgIpc) is 2.54. The molecule has 0 saturated heterocycles. The molecule has 0 radical (unpaired) electrons. The van der Waals surface area contributed by atoms with Gasteiger partial charge in [-0.2, -0.15) is 0 Å². The molecule has 2 aromatic carbocycles. The van der Waals surface area contributed by atoms with Gasteiger partial charge in [0.2, 0.25) is 0 Å². The first-order valence-corrected chi connectivity index (χ1v) is 6.92. The van der Waals surface area contributed by atoms with Gasteiger partial charge in [-0.15, -0.1) is 0 Å². The van der Waals surface area contributed by atoms with Crippen LogP contribution in [0.4, 0.5) is 8.78 Å². The smallest absolute Gasteiger partial charge is 0.257 e. The van der Waals surface area contributed by atoms with E-state index in [1.165, 1.54) is 4.90 Å². The summed E-state index contributed by atoms with van der Waals surface area (Å²) in [6.07, 6.45) is 0. The molecule has 22 heavy (non-hydrogen) atoms. The Morgan fingerprint density at radius 1 is 1.14 bits per heavy atom. The first-order chi connectivity index (χ1) is 10.5. The molecule has 0 aliphatic carbocycles. The first kappa shape index (κ1) is 15.9. The molecule has 3 nitrogen and oxygen atoms in total. The van der Waals surface area contributed by atoms with Gasteiger partial charge in [0.25, 0.3) is 5.91 Å². The number of methoxy groups -OCH3 is 1. The van der Waals surface area contributed by atoms with Gasteiger partial charge < -0.3 is 9.64 Å². The van der Waals surface area contributed by atoms with Gasteiger partial charge in [0.05, 0.1) is 12.7 Å². The highest BCUT2D eigenvalue weighted by Gasteiger charge is 2.19. The molecule has 0 saturated carbocycles. The highest BCUT2D eigenvalue weighted by molar-refractivity contribution is 5.94. The number of hydrogen-bond donors (Lipinski definition) is 0. The lowest BCUT2D eigenvalue weighted by Crippen LogP contribution is -2.31. The Bertz CT molecular complexity index is 656. The fourth-order valence-corrected chi connectivity index (χ4v) is 2.11. The minimum atomic E-state index is -0.723. The standard InChI is InChI=1S/C17H17F2NO2/c1-3-20(11-12-4-7-14(22-2)8-5-12)17(21)15-10-13(18)6-9-16(15)19/h4-10H,3,11H2,1-2H3. The monoisotopic (exact) mass is 305 g/mol. The molecule has 0 atom stereocenters. The maximum Gasteiger partial charge on any atom is 0.257 e. The van der Waals surface area contributed by atoms with E-state index in [9.17, 15) is 13.6 Å². The van der Waals surface area contributed by atoms with E-state index in [1.807, 2.05) is 12.1 Å². The summed E-state index contributed by atoms with van der Waals surface area (Å²) in [6.45, 7) is 2.49. The number of nitrogens with zero attached hydrogens (tertiary/aromatic N) is 1. The van der Waals surface area contributed by atoms with E-state index in [-0.39, 0.29) is 5.56 Å². The Hall–Kier alpha value is -2.43. The number of ether oxygens (including phenoxy) is 1. The minimum absolute atomic E-state index is 0.254. The Morgan fingerprint density at radius 2 is 1.82 bits per heavy atom. The molecule has 0 bridgehead atoms. The van der Waals surface area contributed by atoms with Crippen molar-refractivity contribution >= 4 is 5.91 Å². The molecular weight excluding hydrogens is 288 g/mol. The predicted octanol–water partition coefficient (Wildman–Crippen LogP) is 3.64. The second-order valence-electron chi connectivity index (χ2n) is 4.79. The van der Waals surface area contributed by atoms with Crippen molar-refractivity contribution in [3.05, 3.63) is 65.2 Å². The molecule has 1 amide bonds. The van der Waals surface area contributed by atoms with E-state index in [0.717, 1.165) is 23.8 Å². The maximum absolute atomic E-state index is 13.7. The van der Waals surface area contributed by atoms with Crippen molar-refractivity contribution in [1.29, 1.82) is 0 Å². The van der Waals surface area contributed by atoms with Crippen LogP contribution in [0.1, 0.15) is 22.8 Å². The quantitative estimate of drug-likeness (QED) is 0.844. The van der Waals surface area contributed by atoms with Crippen LogP contribution < -0.4 is 4.74 Å². The van der Waals surface area contributed by atoms with Crippen LogP contribution in [0.3, 0.4) is 0 Å². The van der Waals surface area contributed by atoms with Gasteiger partial charge in [-0.05, 0) is 42.8 Å². The molecule has 0 N–H and O–H groups in total. The molecule has 116 valence electrons. The zero-order chi connectivity index (χ0) is 16.1. The van der Waals surface area contributed by atoms with Crippen LogP contribution in [-0.2, 0) is 6.54 Å². The second kappa shape index (κ2) is 7.02. The lowest BCUT2D eigenvalue weighted by atomic mass is 10.1. The molecule has 0 unspecified atom stereocenters. The summed E-state index contributed by atoms with van der Waals surface area (Å²) in [4.78, 5) is 13.8. The molecule has 0 heterocycles. The molecule has 2 aromatic rings. The zero-order valence-electron chi connectivity index (χ0n) is 12.5. The van der Waals surface area contributed by atoms with Gasteiger partial charge in [-0.25, -0.2) is 8.78 Å². The molecule has 0 aliphatic heterocycles. The van der Waals surface area contributed by atoms with Gasteiger partial charge in [0, 0.05) is 13.1 Å². The van der Waals surface area contributed by atoms with Crippen molar-refractivity contribution in [2.75, 3.05) is 13.7 Å². The summed E-state index contributed by atoms with van der Waals surface area (Å²) in [5.74, 6) is -1.17. The van der Waals surface area contributed by atoms with Crippen molar-refractivity contribution in [2.24, 2.45) is 0 Å². The van der Waals surface area contributed by atoms with Crippen LogP contribution in [0.2, 0.25) is 0 Å². The third-order valence-corrected chi connectivity index (χ3v) is 3.36. The van der Waals surface area contributed by atoms with Gasteiger partial charge >= 0.3 is 0 Å². The lowest BCUT2D eigenvalue weighted by molar-refractivity contribution is 0.0747. The summed E-state index contributed by atoms with van der Waals surface area (Å²) in [5.41, 5.74) is 0.628. The van der Waals surface area contributed by atoms with Crippen molar-refractivity contribution in [3.63, 3.8) is 0 Å². The Labute approximate surface area is 128 Å². The summed E-state index contributed by atoms with van der Waals surface area (Å²) in [5, 5.41) is 0. The number of hydrogen-bond acceptors (Lipinski definition) is 2. The van der Waals surface area contributed by atoms with Crippen molar-refractivity contribution in [1.82, 2.24) is 4.90 Å². The van der Waals surface area contributed by atoms with Crippen LogP contribution in [0.25, 0.3) is 0 Å². The zero-order valence-corrected chi connectivity index (χ0v) is 12.5. The molecular formula is C17H17F2NO2. The van der Waals surface area contributed by atoms with Crippen molar-refractivity contribution < 1.29 is 18.3 Å².